The number of hydrogen-bond acceptors (Lipinski definition) is 3. The molecule has 106 valence electrons. The molecule has 1 unspecified atom stereocenters. The van der Waals surface area contributed by atoms with Crippen LogP contribution in [0.1, 0.15) is 70.6 Å². The van der Waals surface area contributed by atoms with Gasteiger partial charge in [-0.25, -0.2) is 0 Å². The maximum atomic E-state index is 4.63. The van der Waals surface area contributed by atoms with Crippen LogP contribution in [0.5, 0.6) is 0 Å². The van der Waals surface area contributed by atoms with Crippen LogP contribution >= 0.6 is 0 Å². The Morgan fingerprint density at radius 1 is 1.32 bits per heavy atom. The summed E-state index contributed by atoms with van der Waals surface area (Å²) in [5.74, 6) is 3.14. The van der Waals surface area contributed by atoms with E-state index in [1.54, 1.807) is 0 Å². The van der Waals surface area contributed by atoms with Gasteiger partial charge in [0.25, 0.3) is 0 Å². The Kier molecular flexibility index (Phi) is 3.37. The maximum absolute atomic E-state index is 4.63. The molecule has 0 aromatic carbocycles. The van der Waals surface area contributed by atoms with Gasteiger partial charge in [-0.3, -0.25) is 0 Å². The molecular formula is C15H26N4. The van der Waals surface area contributed by atoms with E-state index in [0.29, 0.717) is 11.5 Å². The normalized spacial score (nSPS) is 25.8. The van der Waals surface area contributed by atoms with E-state index in [1.165, 1.54) is 37.9 Å². The third-order valence-electron chi connectivity index (χ3n) is 4.79. The summed E-state index contributed by atoms with van der Waals surface area (Å²) < 4.78 is 2.41. The molecule has 4 heteroatoms. The predicted molar refractivity (Wildman–Crippen MR) is 76.0 cm³/mol. The summed E-state index contributed by atoms with van der Waals surface area (Å²) in [6, 6.07) is 0.340. The summed E-state index contributed by atoms with van der Waals surface area (Å²) in [7, 11) is 0. The molecule has 3 rings (SSSR count). The van der Waals surface area contributed by atoms with Gasteiger partial charge in [0.2, 0.25) is 0 Å². The highest BCUT2D eigenvalue weighted by molar-refractivity contribution is 5.16. The van der Waals surface area contributed by atoms with Gasteiger partial charge in [-0.15, -0.1) is 10.2 Å². The Morgan fingerprint density at radius 2 is 2.05 bits per heavy atom. The molecule has 1 N–H and O–H groups in total. The highest BCUT2D eigenvalue weighted by Crippen LogP contribution is 2.45. The Morgan fingerprint density at radius 3 is 2.74 bits per heavy atom. The van der Waals surface area contributed by atoms with Crippen LogP contribution < -0.4 is 5.32 Å². The Bertz CT molecular complexity index is 443. The van der Waals surface area contributed by atoms with Crippen molar-refractivity contribution in [1.82, 2.24) is 20.1 Å². The topological polar surface area (TPSA) is 42.7 Å². The summed E-state index contributed by atoms with van der Waals surface area (Å²) in [6.45, 7) is 8.92. The van der Waals surface area contributed by atoms with Gasteiger partial charge in [0, 0.05) is 18.5 Å². The monoisotopic (exact) mass is 262 g/mol. The lowest BCUT2D eigenvalue weighted by Crippen LogP contribution is -2.36. The van der Waals surface area contributed by atoms with Crippen molar-refractivity contribution in [2.45, 2.75) is 70.9 Å². The van der Waals surface area contributed by atoms with Crippen molar-refractivity contribution in [3.05, 3.63) is 11.6 Å². The molecule has 2 heterocycles. The molecule has 0 bridgehead atoms. The summed E-state index contributed by atoms with van der Waals surface area (Å²) in [5, 5.41) is 12.6. The molecule has 1 aromatic heterocycles. The number of nitrogens with zero attached hydrogens (tertiary/aromatic N) is 3. The quantitative estimate of drug-likeness (QED) is 0.911. The van der Waals surface area contributed by atoms with E-state index in [1.807, 2.05) is 0 Å². The highest BCUT2D eigenvalue weighted by Gasteiger charge is 2.41. The van der Waals surface area contributed by atoms with Gasteiger partial charge in [-0.1, -0.05) is 26.7 Å². The molecule has 0 amide bonds. The lowest BCUT2D eigenvalue weighted by Gasteiger charge is -2.32. The summed E-state index contributed by atoms with van der Waals surface area (Å²) in [6.07, 6.45) is 6.55. The third-order valence-corrected chi connectivity index (χ3v) is 4.79. The Hall–Kier alpha value is -0.900. The molecule has 0 radical (unpaired) electrons. The Balaban J connectivity index is 1.99. The van der Waals surface area contributed by atoms with Crippen LogP contribution in [0.25, 0.3) is 0 Å². The first-order valence-electron chi connectivity index (χ1n) is 7.79. The second-order valence-corrected chi connectivity index (χ2v) is 6.79. The molecule has 4 nitrogen and oxygen atoms in total. The van der Waals surface area contributed by atoms with E-state index in [9.17, 15) is 0 Å². The Labute approximate surface area is 116 Å². The molecule has 1 aliphatic carbocycles. The fourth-order valence-electron chi connectivity index (χ4n) is 4.08. The van der Waals surface area contributed by atoms with Crippen molar-refractivity contribution in [1.29, 1.82) is 0 Å². The minimum Gasteiger partial charge on any atom is -0.312 e. The minimum absolute atomic E-state index is 0.302. The molecule has 2 aliphatic rings. The first-order chi connectivity index (χ1) is 9.12. The van der Waals surface area contributed by atoms with E-state index in [-0.39, 0.29) is 0 Å². The van der Waals surface area contributed by atoms with E-state index in [0.717, 1.165) is 24.8 Å². The number of hydrogen-bond donors (Lipinski definition) is 1. The van der Waals surface area contributed by atoms with E-state index >= 15 is 0 Å². The average molecular weight is 262 g/mol. The van der Waals surface area contributed by atoms with Crippen molar-refractivity contribution >= 4 is 0 Å². The molecule has 0 saturated heterocycles. The largest absolute Gasteiger partial charge is 0.312 e. The molecule has 19 heavy (non-hydrogen) atoms. The van der Waals surface area contributed by atoms with Crippen molar-refractivity contribution in [3.8, 4) is 0 Å². The lowest BCUT2D eigenvalue weighted by molar-refractivity contribution is 0.307. The standard InChI is InChI=1S/C15H26N4/c1-11(2)10-15(6-4-5-7-15)14-18-17-13-12(3)16-8-9-19(13)14/h11-12,16H,4-10H2,1-3H3. The number of fused-ring (bicyclic) bond motifs is 1. The van der Waals surface area contributed by atoms with Crippen LogP contribution in [0, 0.1) is 5.92 Å². The number of nitrogens with one attached hydrogen (secondary N) is 1. The zero-order valence-electron chi connectivity index (χ0n) is 12.4. The molecule has 1 saturated carbocycles. The van der Waals surface area contributed by atoms with Crippen LogP contribution in [0.15, 0.2) is 0 Å². The third kappa shape index (κ3) is 2.20. The SMILES string of the molecule is CC(C)CC1(c2nnc3n2CCNC3C)CCCC1. The molecular weight excluding hydrogens is 236 g/mol. The molecule has 1 aromatic rings. The number of aromatic nitrogens is 3. The summed E-state index contributed by atoms with van der Waals surface area (Å²) >= 11 is 0. The lowest BCUT2D eigenvalue weighted by atomic mass is 9.77. The molecule has 1 aliphatic heterocycles. The summed E-state index contributed by atoms with van der Waals surface area (Å²) in [4.78, 5) is 0. The van der Waals surface area contributed by atoms with Crippen molar-refractivity contribution in [2.24, 2.45) is 5.92 Å². The van der Waals surface area contributed by atoms with Gasteiger partial charge in [-0.2, -0.15) is 0 Å². The van der Waals surface area contributed by atoms with Gasteiger partial charge in [0.05, 0.1) is 6.04 Å². The van der Waals surface area contributed by atoms with Crippen molar-refractivity contribution < 1.29 is 0 Å². The van der Waals surface area contributed by atoms with Crippen LogP contribution in [0.2, 0.25) is 0 Å². The molecule has 0 spiro atoms. The van der Waals surface area contributed by atoms with Crippen LogP contribution in [-0.2, 0) is 12.0 Å². The first-order valence-corrected chi connectivity index (χ1v) is 7.79. The van der Waals surface area contributed by atoms with Gasteiger partial charge < -0.3 is 9.88 Å². The van der Waals surface area contributed by atoms with E-state index in [2.05, 4.69) is 40.9 Å². The zero-order chi connectivity index (χ0) is 13.5. The predicted octanol–water partition coefficient (Wildman–Crippen LogP) is 2.80. The van der Waals surface area contributed by atoms with Crippen LogP contribution in [-0.4, -0.2) is 21.3 Å². The minimum atomic E-state index is 0.302. The van der Waals surface area contributed by atoms with Gasteiger partial charge in [0.15, 0.2) is 0 Å². The van der Waals surface area contributed by atoms with E-state index < -0.39 is 0 Å². The van der Waals surface area contributed by atoms with Crippen LogP contribution in [0.3, 0.4) is 0 Å². The summed E-state index contributed by atoms with van der Waals surface area (Å²) in [5.41, 5.74) is 0.302. The smallest absolute Gasteiger partial charge is 0.149 e. The first kappa shape index (κ1) is 13.1. The zero-order valence-corrected chi connectivity index (χ0v) is 12.4. The van der Waals surface area contributed by atoms with Gasteiger partial charge in [-0.05, 0) is 32.1 Å². The fourth-order valence-corrected chi connectivity index (χ4v) is 4.08. The van der Waals surface area contributed by atoms with Gasteiger partial charge in [0.1, 0.15) is 11.6 Å². The van der Waals surface area contributed by atoms with E-state index in [4.69, 9.17) is 0 Å². The van der Waals surface area contributed by atoms with Crippen LogP contribution in [0.4, 0.5) is 0 Å². The van der Waals surface area contributed by atoms with Crippen molar-refractivity contribution in [2.75, 3.05) is 6.54 Å². The van der Waals surface area contributed by atoms with Gasteiger partial charge >= 0.3 is 0 Å². The molecule has 1 atom stereocenters. The molecule has 1 fully saturated rings. The number of rotatable bonds is 3. The van der Waals surface area contributed by atoms with Crippen molar-refractivity contribution in [3.63, 3.8) is 0 Å². The second kappa shape index (κ2) is 4.89. The highest BCUT2D eigenvalue weighted by atomic mass is 15.3. The average Bonchev–Trinajstić information content (AvgIpc) is 2.96. The second-order valence-electron chi connectivity index (χ2n) is 6.79. The maximum Gasteiger partial charge on any atom is 0.149 e. The fraction of sp³-hybridized carbons (Fsp3) is 0.867.